The molecule has 0 saturated carbocycles. The molecule has 0 saturated heterocycles. The largest absolute Gasteiger partial charge is 0.486 e. The first-order valence-corrected chi connectivity index (χ1v) is 11.0. The van der Waals surface area contributed by atoms with Crippen LogP contribution in [-0.4, -0.2) is 17.3 Å². The van der Waals surface area contributed by atoms with Crippen LogP contribution in [0.2, 0.25) is 10.0 Å². The highest BCUT2D eigenvalue weighted by atomic mass is 35.5. The summed E-state index contributed by atoms with van der Waals surface area (Å²) in [6, 6.07) is 26.8. The van der Waals surface area contributed by atoms with Crippen molar-refractivity contribution in [1.29, 1.82) is 0 Å². The average Bonchev–Trinajstić information content (AvgIpc) is 2.84. The van der Waals surface area contributed by atoms with E-state index in [1.807, 2.05) is 54.6 Å². The fourth-order valence-corrected chi connectivity index (χ4v) is 3.68. The number of aromatic carboxylic acids is 1. The number of ether oxygens (including phenoxy) is 2. The Hall–Kier alpha value is -3.80. The van der Waals surface area contributed by atoms with Crippen molar-refractivity contribution in [3.05, 3.63) is 118 Å². The van der Waals surface area contributed by atoms with Crippen molar-refractivity contribution in [1.82, 2.24) is 0 Å². The molecule has 0 heterocycles. The zero-order chi connectivity index (χ0) is 23.9. The Morgan fingerprint density at radius 1 is 0.853 bits per heavy atom. The van der Waals surface area contributed by atoms with E-state index in [9.17, 15) is 4.79 Å². The quantitative estimate of drug-likeness (QED) is 0.255. The Balaban J connectivity index is 1.39. The van der Waals surface area contributed by atoms with Crippen LogP contribution in [0.25, 0.3) is 0 Å². The van der Waals surface area contributed by atoms with Crippen molar-refractivity contribution >= 4 is 41.1 Å². The van der Waals surface area contributed by atoms with Gasteiger partial charge in [-0.05, 0) is 71.8 Å². The van der Waals surface area contributed by atoms with Gasteiger partial charge in [-0.15, -0.1) is 0 Å². The molecule has 0 spiro atoms. The fraction of sp³-hybridized carbons (Fsp3) is 0.0370. The van der Waals surface area contributed by atoms with E-state index in [4.69, 9.17) is 37.8 Å². The summed E-state index contributed by atoms with van der Waals surface area (Å²) in [6.07, 6.45) is 1.67. The number of carboxylic acid groups (broad SMARTS) is 1. The topological polar surface area (TPSA) is 68.1 Å². The number of rotatable bonds is 8. The molecule has 0 unspecified atom stereocenters. The lowest BCUT2D eigenvalue weighted by Gasteiger charge is -2.11. The first kappa shape index (κ1) is 23.4. The van der Waals surface area contributed by atoms with Crippen molar-refractivity contribution in [3.8, 4) is 17.2 Å². The number of carboxylic acids is 1. The molecule has 1 N–H and O–H groups in total. The molecule has 4 aromatic rings. The Labute approximate surface area is 206 Å². The molecule has 0 bridgehead atoms. The SMILES string of the molecule is O=C(O)c1ccc(COc2c(Cl)cc(C=Nc3ccc(Oc4ccccc4)cc3)cc2Cl)cc1. The molecule has 0 fully saturated rings. The minimum atomic E-state index is -0.979. The lowest BCUT2D eigenvalue weighted by Crippen LogP contribution is -2.00. The molecule has 170 valence electrons. The van der Waals surface area contributed by atoms with Crippen LogP contribution in [0.15, 0.2) is 96.0 Å². The third-order valence-corrected chi connectivity index (χ3v) is 5.34. The van der Waals surface area contributed by atoms with Gasteiger partial charge in [0.1, 0.15) is 18.1 Å². The molecule has 4 aromatic carbocycles. The normalized spacial score (nSPS) is 10.9. The summed E-state index contributed by atoms with van der Waals surface area (Å²) in [5.74, 6) is 0.857. The predicted octanol–water partition coefficient (Wildman–Crippen LogP) is 7.81. The fourth-order valence-electron chi connectivity index (χ4n) is 3.06. The monoisotopic (exact) mass is 491 g/mol. The third-order valence-electron chi connectivity index (χ3n) is 4.78. The van der Waals surface area contributed by atoms with Crippen LogP contribution in [0, 0.1) is 0 Å². The summed E-state index contributed by atoms with van der Waals surface area (Å²) in [7, 11) is 0. The minimum absolute atomic E-state index is 0.199. The number of hydrogen-bond donors (Lipinski definition) is 1. The van der Waals surface area contributed by atoms with Crippen molar-refractivity contribution < 1.29 is 19.4 Å². The Morgan fingerprint density at radius 2 is 1.47 bits per heavy atom. The van der Waals surface area contributed by atoms with Gasteiger partial charge in [-0.3, -0.25) is 4.99 Å². The van der Waals surface area contributed by atoms with E-state index in [-0.39, 0.29) is 12.2 Å². The van der Waals surface area contributed by atoms with Crippen molar-refractivity contribution in [2.75, 3.05) is 0 Å². The molecule has 0 aliphatic carbocycles. The second-order valence-electron chi connectivity index (χ2n) is 7.27. The van der Waals surface area contributed by atoms with E-state index in [0.29, 0.717) is 15.8 Å². The van der Waals surface area contributed by atoms with Crippen molar-refractivity contribution in [2.45, 2.75) is 6.61 Å². The van der Waals surface area contributed by atoms with E-state index in [1.165, 1.54) is 12.1 Å². The van der Waals surface area contributed by atoms with Gasteiger partial charge in [0.15, 0.2) is 5.75 Å². The molecule has 4 rings (SSSR count). The van der Waals surface area contributed by atoms with Gasteiger partial charge in [0.2, 0.25) is 0 Å². The minimum Gasteiger partial charge on any atom is -0.486 e. The standard InChI is InChI=1S/C27H19Cl2NO4/c28-24-14-19(15-25(29)26(24)33-17-18-6-8-20(9-7-18)27(31)32)16-30-21-10-12-23(13-11-21)34-22-4-2-1-3-5-22/h1-16H,17H2,(H,31,32). The number of aliphatic imine (C=N–C) groups is 1. The molecule has 0 amide bonds. The second kappa shape index (κ2) is 10.9. The highest BCUT2D eigenvalue weighted by Crippen LogP contribution is 2.34. The number of carbonyl (C=O) groups is 1. The molecule has 7 heteroatoms. The maximum Gasteiger partial charge on any atom is 0.335 e. The lowest BCUT2D eigenvalue weighted by molar-refractivity contribution is 0.0697. The molecule has 5 nitrogen and oxygen atoms in total. The smallest absolute Gasteiger partial charge is 0.335 e. The maximum absolute atomic E-state index is 11.0. The molecular formula is C27H19Cl2NO4. The van der Waals surface area contributed by atoms with Gasteiger partial charge in [-0.25, -0.2) is 4.79 Å². The maximum atomic E-state index is 11.0. The molecule has 0 aromatic heterocycles. The summed E-state index contributed by atoms with van der Waals surface area (Å²) >= 11 is 12.8. The summed E-state index contributed by atoms with van der Waals surface area (Å²) in [4.78, 5) is 15.4. The zero-order valence-corrected chi connectivity index (χ0v) is 19.3. The molecule has 0 atom stereocenters. The predicted molar refractivity (Wildman–Crippen MR) is 134 cm³/mol. The Kier molecular flexibility index (Phi) is 7.48. The van der Waals surface area contributed by atoms with Crippen LogP contribution in [0.1, 0.15) is 21.5 Å². The van der Waals surface area contributed by atoms with E-state index in [2.05, 4.69) is 4.99 Å². The second-order valence-corrected chi connectivity index (χ2v) is 8.09. The first-order chi connectivity index (χ1) is 16.5. The van der Waals surface area contributed by atoms with E-state index in [1.54, 1.807) is 30.5 Å². The molecule has 0 aliphatic rings. The van der Waals surface area contributed by atoms with Crippen LogP contribution >= 0.6 is 23.2 Å². The van der Waals surface area contributed by atoms with Gasteiger partial charge < -0.3 is 14.6 Å². The van der Waals surface area contributed by atoms with Gasteiger partial charge in [0.25, 0.3) is 0 Å². The van der Waals surface area contributed by atoms with Crippen LogP contribution in [0.5, 0.6) is 17.2 Å². The number of halogens is 2. The summed E-state index contributed by atoms with van der Waals surface area (Å²) < 4.78 is 11.5. The lowest BCUT2D eigenvalue weighted by atomic mass is 10.1. The Morgan fingerprint density at radius 3 is 2.09 bits per heavy atom. The van der Waals surface area contributed by atoms with Gasteiger partial charge in [-0.1, -0.05) is 53.5 Å². The van der Waals surface area contributed by atoms with Gasteiger partial charge in [-0.2, -0.15) is 0 Å². The van der Waals surface area contributed by atoms with E-state index >= 15 is 0 Å². The van der Waals surface area contributed by atoms with Crippen molar-refractivity contribution in [2.24, 2.45) is 4.99 Å². The van der Waals surface area contributed by atoms with Crippen LogP contribution in [-0.2, 0) is 6.61 Å². The van der Waals surface area contributed by atoms with E-state index in [0.717, 1.165) is 28.3 Å². The van der Waals surface area contributed by atoms with Crippen molar-refractivity contribution in [3.63, 3.8) is 0 Å². The average molecular weight is 492 g/mol. The van der Waals surface area contributed by atoms with Crippen LogP contribution in [0.3, 0.4) is 0 Å². The zero-order valence-electron chi connectivity index (χ0n) is 17.8. The number of para-hydroxylation sites is 1. The van der Waals surface area contributed by atoms with Crippen LogP contribution in [0.4, 0.5) is 5.69 Å². The highest BCUT2D eigenvalue weighted by molar-refractivity contribution is 6.37. The summed E-state index contributed by atoms with van der Waals surface area (Å²) in [5.41, 5.74) is 2.47. The summed E-state index contributed by atoms with van der Waals surface area (Å²) in [6.45, 7) is 0.199. The highest BCUT2D eigenvalue weighted by Gasteiger charge is 2.10. The van der Waals surface area contributed by atoms with Gasteiger partial charge in [0.05, 0.1) is 21.3 Å². The molecule has 0 aliphatic heterocycles. The molecular weight excluding hydrogens is 473 g/mol. The first-order valence-electron chi connectivity index (χ1n) is 10.3. The van der Waals surface area contributed by atoms with Crippen LogP contribution < -0.4 is 9.47 Å². The Bertz CT molecular complexity index is 1280. The van der Waals surface area contributed by atoms with Gasteiger partial charge >= 0.3 is 5.97 Å². The number of nitrogens with zero attached hydrogens (tertiary/aromatic N) is 1. The third kappa shape index (κ3) is 6.16. The van der Waals surface area contributed by atoms with E-state index < -0.39 is 5.97 Å². The summed E-state index contributed by atoms with van der Waals surface area (Å²) in [5, 5.41) is 9.68. The molecule has 34 heavy (non-hydrogen) atoms. The number of benzene rings is 4. The van der Waals surface area contributed by atoms with Gasteiger partial charge in [0, 0.05) is 6.21 Å². The molecule has 0 radical (unpaired) electrons. The number of hydrogen-bond acceptors (Lipinski definition) is 4.